The predicted molar refractivity (Wildman–Crippen MR) is 248 cm³/mol. The second-order valence-electron chi connectivity index (χ2n) is 17.1. The number of nitrogens with zero attached hydrogens (tertiary/aromatic N) is 2. The van der Waals surface area contributed by atoms with Crippen molar-refractivity contribution in [1.82, 2.24) is 9.13 Å². The van der Waals surface area contributed by atoms with Gasteiger partial charge in [-0.3, -0.25) is 9.13 Å². The number of hydrogen-bond donors (Lipinski definition) is 0. The molecule has 4 heterocycles. The molecule has 0 saturated heterocycles. The van der Waals surface area contributed by atoms with Gasteiger partial charge in [-0.2, -0.15) is 0 Å². The quantitative estimate of drug-likeness (QED) is 0.0453. The van der Waals surface area contributed by atoms with E-state index in [9.17, 15) is 0 Å². The van der Waals surface area contributed by atoms with Crippen LogP contribution in [-0.4, -0.2) is 9.13 Å². The first kappa shape index (κ1) is 40.1. The van der Waals surface area contributed by atoms with Gasteiger partial charge in [0, 0.05) is 48.1 Å². The molecule has 0 unspecified atom stereocenters. The van der Waals surface area contributed by atoms with Crippen molar-refractivity contribution in [2.45, 2.75) is 155 Å². The molecule has 0 N–H and O–H groups in total. The molecule has 4 nitrogen and oxygen atoms in total. The third-order valence-corrected chi connectivity index (χ3v) is 12.9. The lowest BCUT2D eigenvalue weighted by atomic mass is 9.94. The third-order valence-electron chi connectivity index (χ3n) is 12.9. The molecule has 0 fully saturated rings. The van der Waals surface area contributed by atoms with Gasteiger partial charge < -0.3 is 8.83 Å². The number of aromatic nitrogens is 2. The second-order valence-corrected chi connectivity index (χ2v) is 17.1. The summed E-state index contributed by atoms with van der Waals surface area (Å²) in [7, 11) is 0. The minimum absolute atomic E-state index is 0.902. The number of fused-ring (bicyclic) bond motifs is 9. The Hall–Kier alpha value is -4.70. The largest absolute Gasteiger partial charge is 0.445 e. The zero-order valence-electron chi connectivity index (χ0n) is 35.5. The Kier molecular flexibility index (Phi) is 13.7. The van der Waals surface area contributed by atoms with Gasteiger partial charge >= 0.3 is 0 Å². The van der Waals surface area contributed by atoms with Crippen LogP contribution in [0.25, 0.3) is 65.9 Å². The van der Waals surface area contributed by atoms with Crippen LogP contribution in [0.1, 0.15) is 154 Å². The standard InChI is InChI=1S/C54H66N2O2/c1-3-5-7-9-11-13-15-17-19-21-23-41-25-35-53(57-41)55-39-37-49-47-29-27-44-43(45(47)31-33-51(49)55)28-30-48-46(44)32-34-52-50(48)38-40-56(52)54-36-26-42(58-54)24-22-20-18-16-14-12-10-8-6-4-2/h25-40H,3-24H2,1-2H3. The third kappa shape index (κ3) is 9.12. The molecule has 4 heteroatoms. The van der Waals surface area contributed by atoms with E-state index in [1.165, 1.54) is 183 Å². The van der Waals surface area contributed by atoms with Crippen LogP contribution < -0.4 is 0 Å². The SMILES string of the molecule is CCCCCCCCCCCCc1ccc(-n2ccc3c4ccc5c(ccc6c5ccc5c6ccn5-c5ccc(CCCCCCCCCCCC)o5)c4ccc32)o1. The molecule has 4 aromatic heterocycles. The summed E-state index contributed by atoms with van der Waals surface area (Å²) < 4.78 is 17.2. The fourth-order valence-corrected chi connectivity index (χ4v) is 9.51. The van der Waals surface area contributed by atoms with Crippen LogP contribution in [0, 0.1) is 0 Å². The number of aryl methyl sites for hydroxylation is 2. The maximum Gasteiger partial charge on any atom is 0.204 e. The lowest BCUT2D eigenvalue weighted by molar-refractivity contribution is 0.476. The van der Waals surface area contributed by atoms with Crippen LogP contribution >= 0.6 is 0 Å². The molecular weight excluding hydrogens is 709 g/mol. The van der Waals surface area contributed by atoms with Crippen LogP contribution in [0.15, 0.2) is 106 Å². The van der Waals surface area contributed by atoms with E-state index >= 15 is 0 Å². The number of rotatable bonds is 24. The van der Waals surface area contributed by atoms with Crippen molar-refractivity contribution in [1.29, 1.82) is 0 Å². The first-order valence-corrected chi connectivity index (χ1v) is 23.3. The predicted octanol–water partition coefficient (Wildman–Crippen LogP) is 17.1. The topological polar surface area (TPSA) is 36.1 Å². The number of unbranched alkanes of at least 4 members (excludes halogenated alkanes) is 18. The van der Waals surface area contributed by atoms with E-state index in [4.69, 9.17) is 8.83 Å². The number of benzene rings is 4. The van der Waals surface area contributed by atoms with Gasteiger partial charge in [0.2, 0.25) is 11.8 Å². The van der Waals surface area contributed by atoms with Gasteiger partial charge in [-0.15, -0.1) is 0 Å². The Morgan fingerprint density at radius 1 is 0.310 bits per heavy atom. The van der Waals surface area contributed by atoms with Gasteiger partial charge in [-0.25, -0.2) is 0 Å². The first-order chi connectivity index (χ1) is 28.7. The monoisotopic (exact) mass is 775 g/mol. The Labute approximate surface area is 346 Å². The average molecular weight is 775 g/mol. The molecule has 8 rings (SSSR count). The van der Waals surface area contributed by atoms with Crippen LogP contribution in [0.5, 0.6) is 0 Å². The molecular formula is C54H66N2O2. The smallest absolute Gasteiger partial charge is 0.204 e. The van der Waals surface area contributed by atoms with Crippen molar-refractivity contribution < 1.29 is 8.83 Å². The summed E-state index contributed by atoms with van der Waals surface area (Å²) in [5.41, 5.74) is 2.36. The summed E-state index contributed by atoms with van der Waals surface area (Å²) in [6, 6.07) is 31.5. The molecule has 0 atom stereocenters. The number of hydrogen-bond acceptors (Lipinski definition) is 2. The van der Waals surface area contributed by atoms with E-state index in [-0.39, 0.29) is 0 Å². The molecule has 0 aliphatic carbocycles. The maximum atomic E-state index is 6.41. The van der Waals surface area contributed by atoms with Crippen molar-refractivity contribution in [3.63, 3.8) is 0 Å². The highest BCUT2D eigenvalue weighted by Crippen LogP contribution is 2.38. The molecule has 0 aliphatic heterocycles. The highest BCUT2D eigenvalue weighted by Gasteiger charge is 2.15. The van der Waals surface area contributed by atoms with E-state index in [1.54, 1.807) is 0 Å². The van der Waals surface area contributed by atoms with Gasteiger partial charge in [-0.05, 0) is 81.6 Å². The van der Waals surface area contributed by atoms with Gasteiger partial charge in [-0.1, -0.05) is 166 Å². The van der Waals surface area contributed by atoms with Gasteiger partial charge in [0.15, 0.2) is 0 Å². The fourth-order valence-electron chi connectivity index (χ4n) is 9.51. The molecule has 8 aromatic rings. The number of furan rings is 2. The van der Waals surface area contributed by atoms with Crippen LogP contribution in [0.2, 0.25) is 0 Å². The highest BCUT2D eigenvalue weighted by atomic mass is 16.4. The minimum Gasteiger partial charge on any atom is -0.445 e. The second kappa shape index (κ2) is 19.8. The molecule has 0 radical (unpaired) electrons. The first-order valence-electron chi connectivity index (χ1n) is 23.3. The van der Waals surface area contributed by atoms with Crippen molar-refractivity contribution in [2.24, 2.45) is 0 Å². The maximum absolute atomic E-state index is 6.41. The van der Waals surface area contributed by atoms with Crippen LogP contribution in [0.3, 0.4) is 0 Å². The van der Waals surface area contributed by atoms with Crippen molar-refractivity contribution in [2.75, 3.05) is 0 Å². The van der Waals surface area contributed by atoms with Crippen molar-refractivity contribution in [3.05, 3.63) is 109 Å². The average Bonchev–Trinajstić information content (AvgIpc) is 4.08. The zero-order valence-corrected chi connectivity index (χ0v) is 35.5. The highest BCUT2D eigenvalue weighted by molar-refractivity contribution is 6.24. The molecule has 304 valence electrons. The molecule has 0 spiro atoms. The molecule has 0 aliphatic rings. The van der Waals surface area contributed by atoms with E-state index < -0.39 is 0 Å². The van der Waals surface area contributed by atoms with Crippen LogP contribution in [0.4, 0.5) is 0 Å². The summed E-state index contributed by atoms with van der Waals surface area (Å²) in [5.74, 6) is 3.99. The fraction of sp³-hybridized carbons (Fsp3) is 0.444. The van der Waals surface area contributed by atoms with Gasteiger partial charge in [0.05, 0.1) is 11.0 Å². The van der Waals surface area contributed by atoms with E-state index in [0.717, 1.165) is 36.1 Å². The molecule has 58 heavy (non-hydrogen) atoms. The molecule has 4 aromatic carbocycles. The summed E-state index contributed by atoms with van der Waals surface area (Å²) in [6.45, 7) is 4.58. The van der Waals surface area contributed by atoms with Crippen molar-refractivity contribution in [3.8, 4) is 11.8 Å². The van der Waals surface area contributed by atoms with E-state index in [0.29, 0.717) is 0 Å². The molecule has 0 amide bonds. The summed E-state index contributed by atoms with van der Waals surface area (Å²) in [5, 5.41) is 10.2. The van der Waals surface area contributed by atoms with E-state index in [1.807, 2.05) is 0 Å². The summed E-state index contributed by atoms with van der Waals surface area (Å²) in [6.07, 6.45) is 33.4. The Morgan fingerprint density at radius 3 is 0.983 bits per heavy atom. The van der Waals surface area contributed by atoms with Crippen molar-refractivity contribution >= 4 is 54.1 Å². The lowest BCUT2D eigenvalue weighted by Gasteiger charge is -2.10. The van der Waals surface area contributed by atoms with E-state index in [2.05, 4.69) is 120 Å². The molecule has 0 saturated carbocycles. The van der Waals surface area contributed by atoms with Gasteiger partial charge in [0.25, 0.3) is 0 Å². The normalized spacial score (nSPS) is 12.1. The molecule has 0 bridgehead atoms. The zero-order chi connectivity index (χ0) is 39.5. The summed E-state index contributed by atoms with van der Waals surface area (Å²) in [4.78, 5) is 0. The summed E-state index contributed by atoms with van der Waals surface area (Å²) >= 11 is 0. The van der Waals surface area contributed by atoms with Crippen LogP contribution in [-0.2, 0) is 12.8 Å². The Balaban J connectivity index is 0.914. The minimum atomic E-state index is 0.902. The Bertz CT molecular complexity index is 2350. The lowest BCUT2D eigenvalue weighted by Crippen LogP contribution is -1.90. The van der Waals surface area contributed by atoms with Gasteiger partial charge in [0.1, 0.15) is 11.5 Å². The Morgan fingerprint density at radius 2 is 0.621 bits per heavy atom.